The van der Waals surface area contributed by atoms with Crippen molar-refractivity contribution in [2.75, 3.05) is 13.1 Å². The molecule has 1 aliphatic rings. The summed E-state index contributed by atoms with van der Waals surface area (Å²) in [5, 5.41) is 10.6. The van der Waals surface area contributed by atoms with Crippen LogP contribution in [-0.4, -0.2) is 40.1 Å². The van der Waals surface area contributed by atoms with Gasteiger partial charge in [0.15, 0.2) is 0 Å². The maximum absolute atomic E-state index is 12.1. The van der Waals surface area contributed by atoms with E-state index in [4.69, 9.17) is 0 Å². The van der Waals surface area contributed by atoms with Gasteiger partial charge in [-0.1, -0.05) is 6.92 Å². The summed E-state index contributed by atoms with van der Waals surface area (Å²) in [6.07, 6.45) is 2.09. The number of likely N-dealkylation sites (tertiary alicyclic amines) is 1. The topological polar surface area (TPSA) is 53.4 Å². The summed E-state index contributed by atoms with van der Waals surface area (Å²) in [4.78, 5) is 18.5. The van der Waals surface area contributed by atoms with Gasteiger partial charge < -0.3 is 10.0 Å². The van der Waals surface area contributed by atoms with Crippen molar-refractivity contribution in [1.29, 1.82) is 0 Å². The van der Waals surface area contributed by atoms with Crippen LogP contribution in [0.3, 0.4) is 0 Å². The van der Waals surface area contributed by atoms with Gasteiger partial charge in [-0.3, -0.25) is 4.79 Å². The maximum Gasteiger partial charge on any atom is 0.265 e. The van der Waals surface area contributed by atoms with E-state index >= 15 is 0 Å². The molecule has 1 aromatic heterocycles. The molecule has 0 spiro atoms. The number of aliphatic hydroxyl groups excluding tert-OH is 1. The van der Waals surface area contributed by atoms with Crippen LogP contribution in [0.15, 0.2) is 6.20 Å². The molecule has 1 fully saturated rings. The number of carbonyl (C=O) groups excluding carboxylic acids is 1. The third-order valence-corrected chi connectivity index (χ3v) is 3.94. The molecule has 0 saturated carbocycles. The van der Waals surface area contributed by atoms with Gasteiger partial charge in [-0.25, -0.2) is 4.98 Å². The number of hydrogen-bond donors (Lipinski definition) is 1. The number of aryl methyl sites for hydroxylation is 1. The van der Waals surface area contributed by atoms with Gasteiger partial charge >= 0.3 is 0 Å². The number of nitrogens with zero attached hydrogens (tertiary/aromatic N) is 2. The van der Waals surface area contributed by atoms with Crippen molar-refractivity contribution in [3.05, 3.63) is 16.1 Å². The molecule has 0 aliphatic carbocycles. The van der Waals surface area contributed by atoms with Crippen LogP contribution in [-0.2, 0) is 0 Å². The number of piperidine rings is 1. The predicted octanol–water partition coefficient (Wildman–Crippen LogP) is 1.29. The highest BCUT2D eigenvalue weighted by Gasteiger charge is 2.28. The highest BCUT2D eigenvalue weighted by atomic mass is 32.1. The van der Waals surface area contributed by atoms with E-state index in [0.717, 1.165) is 18.0 Å². The second-order valence-electron chi connectivity index (χ2n) is 4.33. The molecule has 2 unspecified atom stereocenters. The molecule has 2 rings (SSSR count). The predicted molar refractivity (Wildman–Crippen MR) is 62.5 cm³/mol. The number of aliphatic hydroxyl groups is 1. The van der Waals surface area contributed by atoms with Crippen LogP contribution in [0.4, 0.5) is 0 Å². The molecule has 1 N–H and O–H groups in total. The number of amides is 1. The number of β-amino-alcohol motifs (C(OH)–C–C–N with tert-alkyl or cyclic N) is 1. The largest absolute Gasteiger partial charge is 0.391 e. The quantitative estimate of drug-likeness (QED) is 0.805. The Morgan fingerprint density at radius 1 is 1.69 bits per heavy atom. The van der Waals surface area contributed by atoms with Gasteiger partial charge in [-0.15, -0.1) is 11.3 Å². The summed E-state index contributed by atoms with van der Waals surface area (Å²) in [6.45, 7) is 5.07. The van der Waals surface area contributed by atoms with Crippen LogP contribution in [0, 0.1) is 12.8 Å². The third-order valence-electron chi connectivity index (χ3n) is 3.04. The molecule has 1 saturated heterocycles. The van der Waals surface area contributed by atoms with Gasteiger partial charge in [0, 0.05) is 13.1 Å². The lowest BCUT2D eigenvalue weighted by molar-refractivity contribution is 0.0251. The Bertz CT molecular complexity index is 391. The van der Waals surface area contributed by atoms with Crippen molar-refractivity contribution in [3.8, 4) is 0 Å². The molecule has 2 atom stereocenters. The molecule has 4 nitrogen and oxygen atoms in total. The summed E-state index contributed by atoms with van der Waals surface area (Å²) in [7, 11) is 0. The first kappa shape index (κ1) is 11.5. The molecule has 1 aliphatic heterocycles. The van der Waals surface area contributed by atoms with E-state index in [9.17, 15) is 9.90 Å². The maximum atomic E-state index is 12.1. The second-order valence-corrected chi connectivity index (χ2v) is 5.56. The van der Waals surface area contributed by atoms with Gasteiger partial charge in [0.05, 0.1) is 17.3 Å². The van der Waals surface area contributed by atoms with Crippen molar-refractivity contribution in [2.24, 2.45) is 5.92 Å². The third kappa shape index (κ3) is 2.25. The highest BCUT2D eigenvalue weighted by molar-refractivity contribution is 7.13. The number of thiazole rings is 1. The Hall–Kier alpha value is -0.940. The fourth-order valence-corrected chi connectivity index (χ4v) is 2.59. The summed E-state index contributed by atoms with van der Waals surface area (Å²) in [6, 6.07) is 0. The number of aromatic nitrogens is 1. The summed E-state index contributed by atoms with van der Waals surface area (Å²) in [5.41, 5.74) is 0. The minimum atomic E-state index is -0.397. The lowest BCUT2D eigenvalue weighted by atomic mass is 9.96. The Morgan fingerprint density at radius 3 is 3.00 bits per heavy atom. The van der Waals surface area contributed by atoms with E-state index in [1.54, 1.807) is 11.1 Å². The smallest absolute Gasteiger partial charge is 0.265 e. The number of carbonyl (C=O) groups is 1. The van der Waals surface area contributed by atoms with Crippen molar-refractivity contribution >= 4 is 17.2 Å². The summed E-state index contributed by atoms with van der Waals surface area (Å²) < 4.78 is 0. The first-order valence-corrected chi connectivity index (χ1v) is 6.29. The standard InChI is InChI=1S/C11H16N2O2S/c1-7-3-4-13(6-9(7)14)11(15)10-5-12-8(2)16-10/h5,7,9,14H,3-4,6H2,1-2H3. The molecule has 88 valence electrons. The molecule has 5 heteroatoms. The first-order chi connectivity index (χ1) is 7.58. The van der Waals surface area contributed by atoms with E-state index < -0.39 is 6.10 Å². The second kappa shape index (κ2) is 4.51. The molecule has 2 heterocycles. The van der Waals surface area contributed by atoms with Crippen LogP contribution in [0.2, 0.25) is 0 Å². The fraction of sp³-hybridized carbons (Fsp3) is 0.636. The zero-order valence-corrected chi connectivity index (χ0v) is 10.3. The zero-order chi connectivity index (χ0) is 11.7. The van der Waals surface area contributed by atoms with Gasteiger partial charge in [0.2, 0.25) is 0 Å². The molecule has 0 radical (unpaired) electrons. The summed E-state index contributed by atoms with van der Waals surface area (Å²) in [5.74, 6) is 0.281. The van der Waals surface area contributed by atoms with Crippen LogP contribution >= 0.6 is 11.3 Å². The Balaban J connectivity index is 2.06. The van der Waals surface area contributed by atoms with Crippen molar-refractivity contribution in [1.82, 2.24) is 9.88 Å². The van der Waals surface area contributed by atoms with E-state index in [1.165, 1.54) is 11.3 Å². The van der Waals surface area contributed by atoms with Gasteiger partial charge in [0.1, 0.15) is 4.88 Å². The number of rotatable bonds is 1. The molecular formula is C11H16N2O2S. The average molecular weight is 240 g/mol. The van der Waals surface area contributed by atoms with Crippen LogP contribution in [0.1, 0.15) is 28.0 Å². The zero-order valence-electron chi connectivity index (χ0n) is 9.51. The van der Waals surface area contributed by atoms with E-state index in [1.807, 2.05) is 13.8 Å². The minimum Gasteiger partial charge on any atom is -0.391 e. The van der Waals surface area contributed by atoms with Crippen LogP contribution in [0.25, 0.3) is 0 Å². The van der Waals surface area contributed by atoms with Gasteiger partial charge in [-0.05, 0) is 19.3 Å². The number of hydrogen-bond acceptors (Lipinski definition) is 4. The molecule has 0 aromatic carbocycles. The first-order valence-electron chi connectivity index (χ1n) is 5.47. The fourth-order valence-electron chi connectivity index (χ4n) is 1.85. The van der Waals surface area contributed by atoms with Crippen molar-refractivity contribution in [2.45, 2.75) is 26.4 Å². The lowest BCUT2D eigenvalue weighted by Gasteiger charge is -2.33. The Labute approximate surface area is 98.9 Å². The molecule has 16 heavy (non-hydrogen) atoms. The van der Waals surface area contributed by atoms with Crippen molar-refractivity contribution < 1.29 is 9.90 Å². The molecule has 1 amide bonds. The lowest BCUT2D eigenvalue weighted by Crippen LogP contribution is -2.45. The van der Waals surface area contributed by atoms with Gasteiger partial charge in [-0.2, -0.15) is 0 Å². The molecule has 0 bridgehead atoms. The van der Waals surface area contributed by atoms with Crippen molar-refractivity contribution in [3.63, 3.8) is 0 Å². The normalized spacial score (nSPS) is 25.8. The van der Waals surface area contributed by atoms with Crippen LogP contribution in [0.5, 0.6) is 0 Å². The Morgan fingerprint density at radius 2 is 2.44 bits per heavy atom. The van der Waals surface area contributed by atoms with Crippen LogP contribution < -0.4 is 0 Å². The van der Waals surface area contributed by atoms with Gasteiger partial charge in [0.25, 0.3) is 5.91 Å². The van der Waals surface area contributed by atoms with E-state index in [2.05, 4.69) is 4.98 Å². The molecular weight excluding hydrogens is 224 g/mol. The molecule has 1 aromatic rings. The Kier molecular flexibility index (Phi) is 3.25. The monoisotopic (exact) mass is 240 g/mol. The minimum absolute atomic E-state index is 0.00319. The van der Waals surface area contributed by atoms with E-state index in [0.29, 0.717) is 11.4 Å². The highest BCUT2D eigenvalue weighted by Crippen LogP contribution is 2.21. The van der Waals surface area contributed by atoms with E-state index in [-0.39, 0.29) is 11.8 Å². The average Bonchev–Trinajstić information content (AvgIpc) is 2.68. The summed E-state index contributed by atoms with van der Waals surface area (Å²) >= 11 is 1.41. The SMILES string of the molecule is Cc1ncc(C(=O)N2CCC(C)C(O)C2)s1.